The molecule has 23 heavy (non-hydrogen) atoms. The lowest BCUT2D eigenvalue weighted by Gasteiger charge is -2.17. The number of H-pyrrole nitrogens is 1. The van der Waals surface area contributed by atoms with E-state index in [0.29, 0.717) is 16.7 Å². The first-order valence-corrected chi connectivity index (χ1v) is 7.03. The molecule has 6 nitrogen and oxygen atoms in total. The van der Waals surface area contributed by atoms with Gasteiger partial charge in [-0.15, -0.1) is 0 Å². The smallest absolute Gasteiger partial charge is 0.295 e. The van der Waals surface area contributed by atoms with Crippen LogP contribution in [0.5, 0.6) is 0 Å². The summed E-state index contributed by atoms with van der Waals surface area (Å²) in [7, 11) is 0. The largest absolute Gasteiger partial charge is 0.347 e. The van der Waals surface area contributed by atoms with Gasteiger partial charge in [0.05, 0.1) is 17.6 Å². The van der Waals surface area contributed by atoms with Crippen molar-refractivity contribution >= 4 is 28.5 Å². The second-order valence-corrected chi connectivity index (χ2v) is 6.14. The lowest BCUT2D eigenvalue weighted by Crippen LogP contribution is -2.39. The standard InChI is InChI=1S/C15H18F2N4O2/c1-15(2,3)14(23)18-7-11(22)19-8-4-5-9-10(6-8)21-13(20-9)12(16)17/h4-6,12H,7H2,1-3H3,(H,18,23)(H,19,22)(H,20,21). The van der Waals surface area contributed by atoms with E-state index < -0.39 is 23.6 Å². The Labute approximate surface area is 131 Å². The van der Waals surface area contributed by atoms with Crippen LogP contribution in [-0.4, -0.2) is 28.3 Å². The number of alkyl halides is 2. The predicted octanol–water partition coefficient (Wildman–Crippen LogP) is 2.60. The number of fused-ring (bicyclic) bond motifs is 1. The molecule has 124 valence electrons. The molecule has 0 atom stereocenters. The zero-order valence-corrected chi connectivity index (χ0v) is 13.0. The van der Waals surface area contributed by atoms with E-state index in [9.17, 15) is 18.4 Å². The summed E-state index contributed by atoms with van der Waals surface area (Å²) in [5.74, 6) is -1.06. The number of halogens is 2. The van der Waals surface area contributed by atoms with Crippen LogP contribution in [0.2, 0.25) is 0 Å². The summed E-state index contributed by atoms with van der Waals surface area (Å²) >= 11 is 0. The summed E-state index contributed by atoms with van der Waals surface area (Å²) in [6, 6.07) is 4.60. The van der Waals surface area contributed by atoms with Crippen LogP contribution in [0.4, 0.5) is 14.5 Å². The molecule has 0 unspecified atom stereocenters. The third kappa shape index (κ3) is 4.24. The molecular formula is C15H18F2N4O2. The number of carbonyl (C=O) groups excluding carboxylic acids is 2. The minimum atomic E-state index is -2.69. The molecule has 0 saturated carbocycles. The zero-order chi connectivity index (χ0) is 17.2. The van der Waals surface area contributed by atoms with Gasteiger partial charge in [-0.1, -0.05) is 20.8 Å². The van der Waals surface area contributed by atoms with Crippen LogP contribution in [0.15, 0.2) is 18.2 Å². The second kappa shape index (κ2) is 6.31. The molecule has 0 spiro atoms. The molecule has 8 heteroatoms. The number of nitrogens with one attached hydrogen (secondary N) is 3. The van der Waals surface area contributed by atoms with E-state index in [2.05, 4.69) is 20.6 Å². The molecular weight excluding hydrogens is 306 g/mol. The molecule has 0 saturated heterocycles. The molecule has 0 radical (unpaired) electrons. The molecule has 1 aromatic carbocycles. The van der Waals surface area contributed by atoms with Crippen LogP contribution < -0.4 is 10.6 Å². The van der Waals surface area contributed by atoms with Gasteiger partial charge in [0.15, 0.2) is 5.82 Å². The predicted molar refractivity (Wildman–Crippen MR) is 82.1 cm³/mol. The summed E-state index contributed by atoms with van der Waals surface area (Å²) in [5, 5.41) is 5.12. The van der Waals surface area contributed by atoms with Crippen molar-refractivity contribution in [3.63, 3.8) is 0 Å². The van der Waals surface area contributed by atoms with Crippen molar-refractivity contribution in [1.82, 2.24) is 15.3 Å². The molecule has 0 fully saturated rings. The highest BCUT2D eigenvalue weighted by molar-refractivity contribution is 5.96. The van der Waals surface area contributed by atoms with Gasteiger partial charge < -0.3 is 15.6 Å². The summed E-state index contributed by atoms with van der Waals surface area (Å²) in [6.45, 7) is 5.06. The number of hydrogen-bond acceptors (Lipinski definition) is 3. The maximum Gasteiger partial charge on any atom is 0.295 e. The zero-order valence-electron chi connectivity index (χ0n) is 13.0. The van der Waals surface area contributed by atoms with Gasteiger partial charge in [0.25, 0.3) is 6.43 Å². The number of imidazole rings is 1. The molecule has 0 bridgehead atoms. The topological polar surface area (TPSA) is 86.9 Å². The number of amides is 2. The van der Waals surface area contributed by atoms with Crippen LogP contribution in [0, 0.1) is 5.41 Å². The van der Waals surface area contributed by atoms with Crippen molar-refractivity contribution in [3.05, 3.63) is 24.0 Å². The SMILES string of the molecule is CC(C)(C)C(=O)NCC(=O)Nc1ccc2nc(C(F)F)[nH]c2c1. The number of rotatable bonds is 4. The molecule has 2 rings (SSSR count). The van der Waals surface area contributed by atoms with Crippen LogP contribution in [0.25, 0.3) is 11.0 Å². The molecule has 0 aliphatic heterocycles. The van der Waals surface area contributed by atoms with Crippen LogP contribution in [0.3, 0.4) is 0 Å². The number of nitrogens with zero attached hydrogens (tertiary/aromatic N) is 1. The van der Waals surface area contributed by atoms with Crippen molar-refractivity contribution in [2.75, 3.05) is 11.9 Å². The first-order valence-electron chi connectivity index (χ1n) is 7.03. The Morgan fingerprint density at radius 3 is 2.61 bits per heavy atom. The minimum Gasteiger partial charge on any atom is -0.347 e. The van der Waals surface area contributed by atoms with Gasteiger partial charge in [-0.2, -0.15) is 0 Å². The van der Waals surface area contributed by atoms with Gasteiger partial charge >= 0.3 is 0 Å². The third-order valence-corrected chi connectivity index (χ3v) is 3.08. The maximum absolute atomic E-state index is 12.6. The molecule has 2 aromatic rings. The molecule has 0 aliphatic rings. The van der Waals surface area contributed by atoms with E-state index in [1.807, 2.05) is 0 Å². The van der Waals surface area contributed by atoms with Gasteiger partial charge in [0.1, 0.15) is 0 Å². The Kier molecular flexibility index (Phi) is 4.63. The van der Waals surface area contributed by atoms with Crippen LogP contribution in [-0.2, 0) is 9.59 Å². The average Bonchev–Trinajstić information content (AvgIpc) is 2.87. The summed E-state index contributed by atoms with van der Waals surface area (Å²) in [6.07, 6.45) is -2.69. The van der Waals surface area contributed by atoms with Crippen molar-refractivity contribution in [1.29, 1.82) is 0 Å². The summed E-state index contributed by atoms with van der Waals surface area (Å²) in [4.78, 5) is 29.7. The summed E-state index contributed by atoms with van der Waals surface area (Å²) < 4.78 is 25.2. The third-order valence-electron chi connectivity index (χ3n) is 3.08. The van der Waals surface area contributed by atoms with E-state index in [-0.39, 0.29) is 12.5 Å². The lowest BCUT2D eigenvalue weighted by atomic mass is 9.96. The van der Waals surface area contributed by atoms with Crippen LogP contribution >= 0.6 is 0 Å². The molecule has 2 amide bonds. The Bertz CT molecular complexity index is 735. The Balaban J connectivity index is 2.01. The van der Waals surface area contributed by atoms with Crippen molar-refractivity contribution < 1.29 is 18.4 Å². The quantitative estimate of drug-likeness (QED) is 0.808. The first-order chi connectivity index (χ1) is 10.7. The number of aromatic nitrogens is 2. The van der Waals surface area contributed by atoms with Gasteiger partial charge in [-0.05, 0) is 18.2 Å². The Hall–Kier alpha value is -2.51. The maximum atomic E-state index is 12.6. The minimum absolute atomic E-state index is 0.167. The number of aromatic amines is 1. The van der Waals surface area contributed by atoms with Crippen molar-refractivity contribution in [3.8, 4) is 0 Å². The number of benzene rings is 1. The lowest BCUT2D eigenvalue weighted by molar-refractivity contribution is -0.130. The van der Waals surface area contributed by atoms with E-state index in [1.54, 1.807) is 26.8 Å². The molecule has 3 N–H and O–H groups in total. The first kappa shape index (κ1) is 16.9. The van der Waals surface area contributed by atoms with E-state index >= 15 is 0 Å². The normalized spacial score (nSPS) is 11.7. The van der Waals surface area contributed by atoms with E-state index in [0.717, 1.165) is 0 Å². The second-order valence-electron chi connectivity index (χ2n) is 6.14. The summed E-state index contributed by atoms with van der Waals surface area (Å²) in [5.41, 5.74) is 0.633. The van der Waals surface area contributed by atoms with Gasteiger partial charge in [0, 0.05) is 11.1 Å². The van der Waals surface area contributed by atoms with Crippen molar-refractivity contribution in [2.45, 2.75) is 27.2 Å². The van der Waals surface area contributed by atoms with Crippen LogP contribution in [0.1, 0.15) is 33.0 Å². The fourth-order valence-corrected chi connectivity index (χ4v) is 1.84. The fraction of sp³-hybridized carbons (Fsp3) is 0.400. The highest BCUT2D eigenvalue weighted by Crippen LogP contribution is 2.22. The van der Waals surface area contributed by atoms with Gasteiger partial charge in [-0.25, -0.2) is 13.8 Å². The van der Waals surface area contributed by atoms with Crippen molar-refractivity contribution in [2.24, 2.45) is 5.41 Å². The average molecular weight is 324 g/mol. The number of hydrogen-bond donors (Lipinski definition) is 3. The molecule has 1 aromatic heterocycles. The fourth-order valence-electron chi connectivity index (χ4n) is 1.84. The van der Waals surface area contributed by atoms with Gasteiger partial charge in [0.2, 0.25) is 11.8 Å². The van der Waals surface area contributed by atoms with E-state index in [4.69, 9.17) is 0 Å². The number of anilines is 1. The number of carbonyl (C=O) groups is 2. The van der Waals surface area contributed by atoms with Gasteiger partial charge in [-0.3, -0.25) is 9.59 Å². The highest BCUT2D eigenvalue weighted by Gasteiger charge is 2.21. The Morgan fingerprint density at radius 1 is 1.30 bits per heavy atom. The molecule has 0 aliphatic carbocycles. The molecule has 1 heterocycles. The van der Waals surface area contributed by atoms with E-state index in [1.165, 1.54) is 12.1 Å². The monoisotopic (exact) mass is 324 g/mol. The Morgan fingerprint density at radius 2 is 2.00 bits per heavy atom. The highest BCUT2D eigenvalue weighted by atomic mass is 19.3.